The summed E-state index contributed by atoms with van der Waals surface area (Å²) < 4.78 is 7.52. The van der Waals surface area contributed by atoms with Gasteiger partial charge in [-0.1, -0.05) is 87.5 Å². The number of para-hydroxylation sites is 1. The van der Waals surface area contributed by atoms with Gasteiger partial charge in [-0.3, -0.25) is 0 Å². The summed E-state index contributed by atoms with van der Waals surface area (Å²) in [7, 11) is 0. The quantitative estimate of drug-likeness (QED) is 0.151. The third kappa shape index (κ3) is 4.42. The Bertz CT molecular complexity index is 3010. The Kier molecular flexibility index (Phi) is 6.54. The van der Waals surface area contributed by atoms with Crippen LogP contribution < -0.4 is 9.13 Å². The highest BCUT2D eigenvalue weighted by Gasteiger charge is 2.47. The van der Waals surface area contributed by atoms with Crippen molar-refractivity contribution in [3.8, 4) is 33.6 Å². The number of nitrogens with zero attached hydrogens (tertiary/aromatic N) is 3. The molecular weight excluding hydrogens is 655 g/mol. The first kappa shape index (κ1) is 31.5. The van der Waals surface area contributed by atoms with Crippen molar-refractivity contribution in [2.75, 3.05) is 0 Å². The second-order valence-electron chi connectivity index (χ2n) is 16.8. The summed E-state index contributed by atoms with van der Waals surface area (Å²) in [6.07, 6.45) is 6.66. The molecule has 9 aromatic rings. The Hall–Kier alpha value is -6.06. The van der Waals surface area contributed by atoms with E-state index < -0.39 is 0 Å². The molecule has 2 atom stereocenters. The van der Waals surface area contributed by atoms with Gasteiger partial charge in [-0.05, 0) is 103 Å². The maximum atomic E-state index is 5.03. The highest BCUT2D eigenvalue weighted by atomic mass is 15.1. The molecule has 11 rings (SSSR count). The minimum atomic E-state index is 0.0189. The Morgan fingerprint density at radius 3 is 2.22 bits per heavy atom. The number of benzene rings is 5. The minimum absolute atomic E-state index is 0.0189. The molecule has 6 heterocycles. The van der Waals surface area contributed by atoms with Crippen LogP contribution in [0.2, 0.25) is 0 Å². The standard InChI is InChI=1S/C51H43N3/c1-31-19-23-45-38-16-10-9-15-37(38)40-22-20-34-25-48-42(44-27-36(51(3,4)5)26-43-39-17-11-12-18-47(39)54(48)50(43)44)28-41(34)46-24-21-35(33-13-7-6-8-14-33)30-52(46)32(2)49(40)53(45)29-31/h6-19,21,23-30,40,49H,2,20,22H2,1,3-5H3/q+2. The molecule has 5 aromatic carbocycles. The molecule has 2 aliphatic heterocycles. The number of rotatable bonds is 1. The number of aromatic nitrogens is 3. The van der Waals surface area contributed by atoms with Crippen molar-refractivity contribution in [3.63, 3.8) is 0 Å². The van der Waals surface area contributed by atoms with Crippen LogP contribution in [0.15, 0.2) is 146 Å². The van der Waals surface area contributed by atoms with E-state index in [0.717, 1.165) is 18.5 Å². The lowest BCUT2D eigenvalue weighted by atomic mass is 9.78. The fourth-order valence-electron chi connectivity index (χ4n) is 9.89. The molecule has 0 amide bonds. The number of aryl methyl sites for hydroxylation is 2. The van der Waals surface area contributed by atoms with Gasteiger partial charge >= 0.3 is 0 Å². The molecule has 2 unspecified atom stereocenters. The molecule has 0 bridgehead atoms. The van der Waals surface area contributed by atoms with Crippen molar-refractivity contribution in [1.29, 1.82) is 0 Å². The van der Waals surface area contributed by atoms with Gasteiger partial charge in [0.2, 0.25) is 23.1 Å². The van der Waals surface area contributed by atoms with Crippen LogP contribution in [0.3, 0.4) is 0 Å². The lowest BCUT2D eigenvalue weighted by Crippen LogP contribution is -2.53. The van der Waals surface area contributed by atoms with Crippen molar-refractivity contribution >= 4 is 43.8 Å². The predicted molar refractivity (Wildman–Crippen MR) is 223 cm³/mol. The molecule has 0 N–H and O–H groups in total. The average molecular weight is 698 g/mol. The van der Waals surface area contributed by atoms with Crippen LogP contribution in [0.25, 0.3) is 77.4 Å². The zero-order chi connectivity index (χ0) is 36.5. The molecule has 0 radical (unpaired) electrons. The Morgan fingerprint density at radius 2 is 1.39 bits per heavy atom. The largest absolute Gasteiger partial charge is 0.308 e. The highest BCUT2D eigenvalue weighted by molar-refractivity contribution is 6.24. The molecule has 0 saturated heterocycles. The van der Waals surface area contributed by atoms with Crippen molar-refractivity contribution in [1.82, 2.24) is 4.40 Å². The van der Waals surface area contributed by atoms with E-state index in [1.54, 1.807) is 0 Å². The maximum absolute atomic E-state index is 5.03. The highest BCUT2D eigenvalue weighted by Crippen LogP contribution is 2.47. The third-order valence-corrected chi connectivity index (χ3v) is 12.5. The smallest absolute Gasteiger partial charge is 0.249 e. The number of allylic oxidation sites excluding steroid dienone is 1. The Balaban J connectivity index is 1.24. The average Bonchev–Trinajstić information content (AvgIpc) is 3.71. The topological polar surface area (TPSA) is 12.2 Å². The summed E-state index contributed by atoms with van der Waals surface area (Å²) in [4.78, 5) is 0. The summed E-state index contributed by atoms with van der Waals surface area (Å²) in [6, 6.07) is 48.0. The van der Waals surface area contributed by atoms with E-state index in [4.69, 9.17) is 6.58 Å². The SMILES string of the molecule is C=C1C2C(CCc3cc4c(cc3-c3ccc(-c5ccccc5)c[n+]31)c1cc(C(C)(C)C)cc3c5ccccc5n4c31)c1ccccc1-c1ccc(C)c[n+]12. The third-order valence-electron chi connectivity index (χ3n) is 12.5. The van der Waals surface area contributed by atoms with E-state index in [9.17, 15) is 0 Å². The molecule has 0 fully saturated rings. The van der Waals surface area contributed by atoms with Crippen LogP contribution in [-0.2, 0) is 11.8 Å². The van der Waals surface area contributed by atoms with Gasteiger partial charge in [0.05, 0.1) is 28.0 Å². The van der Waals surface area contributed by atoms with Gasteiger partial charge in [-0.25, -0.2) is 0 Å². The van der Waals surface area contributed by atoms with Gasteiger partial charge in [0, 0.05) is 50.4 Å². The van der Waals surface area contributed by atoms with Gasteiger partial charge in [-0.2, -0.15) is 9.13 Å². The van der Waals surface area contributed by atoms with E-state index in [1.807, 2.05) is 0 Å². The molecule has 54 heavy (non-hydrogen) atoms. The van der Waals surface area contributed by atoms with Crippen molar-refractivity contribution in [2.45, 2.75) is 57.9 Å². The van der Waals surface area contributed by atoms with Crippen LogP contribution in [0, 0.1) is 6.92 Å². The van der Waals surface area contributed by atoms with Gasteiger partial charge < -0.3 is 4.40 Å². The van der Waals surface area contributed by atoms with Gasteiger partial charge in [0.15, 0.2) is 12.4 Å². The van der Waals surface area contributed by atoms with Crippen molar-refractivity contribution in [3.05, 3.63) is 169 Å². The van der Waals surface area contributed by atoms with E-state index in [-0.39, 0.29) is 17.4 Å². The predicted octanol–water partition coefficient (Wildman–Crippen LogP) is 11.8. The summed E-state index contributed by atoms with van der Waals surface area (Å²) in [5.41, 5.74) is 17.9. The molecule has 0 saturated carbocycles. The van der Waals surface area contributed by atoms with Gasteiger partial charge in [0.25, 0.3) is 0 Å². The van der Waals surface area contributed by atoms with Crippen LogP contribution in [0.4, 0.5) is 0 Å². The first-order chi connectivity index (χ1) is 26.2. The summed E-state index contributed by atoms with van der Waals surface area (Å²) in [5, 5.41) is 5.32. The van der Waals surface area contributed by atoms with Crippen LogP contribution in [-0.4, -0.2) is 4.40 Å². The van der Waals surface area contributed by atoms with Crippen LogP contribution in [0.5, 0.6) is 0 Å². The fraction of sp³-hybridized carbons (Fsp3) is 0.176. The fourth-order valence-corrected chi connectivity index (χ4v) is 9.89. The first-order valence-electron chi connectivity index (χ1n) is 19.4. The first-order valence-corrected chi connectivity index (χ1v) is 19.4. The normalized spacial score (nSPS) is 16.8. The number of hydrogen-bond acceptors (Lipinski definition) is 0. The number of pyridine rings is 2. The van der Waals surface area contributed by atoms with E-state index in [2.05, 4.69) is 181 Å². The Labute approximate surface area is 316 Å². The lowest BCUT2D eigenvalue weighted by molar-refractivity contribution is -0.727. The van der Waals surface area contributed by atoms with Gasteiger partial charge in [-0.15, -0.1) is 0 Å². The van der Waals surface area contributed by atoms with Gasteiger partial charge in [0.1, 0.15) is 0 Å². The van der Waals surface area contributed by atoms with Crippen molar-refractivity contribution in [2.24, 2.45) is 0 Å². The molecular formula is C51H43N3+2. The van der Waals surface area contributed by atoms with E-state index in [0.29, 0.717) is 0 Å². The number of fused-ring (bicyclic) bond motifs is 15. The molecule has 0 spiro atoms. The molecule has 3 heteroatoms. The molecule has 2 aliphatic rings. The molecule has 0 aliphatic carbocycles. The van der Waals surface area contributed by atoms with Crippen LogP contribution in [0.1, 0.15) is 61.4 Å². The summed E-state index contributed by atoms with van der Waals surface area (Å²) >= 11 is 0. The van der Waals surface area contributed by atoms with Crippen LogP contribution >= 0.6 is 0 Å². The molecule has 3 nitrogen and oxygen atoms in total. The second-order valence-corrected chi connectivity index (χ2v) is 16.8. The van der Waals surface area contributed by atoms with E-state index >= 15 is 0 Å². The summed E-state index contributed by atoms with van der Waals surface area (Å²) in [6.45, 7) is 14.2. The second kappa shape index (κ2) is 11.2. The Morgan fingerprint density at radius 1 is 0.648 bits per heavy atom. The monoisotopic (exact) mass is 697 g/mol. The maximum Gasteiger partial charge on any atom is 0.249 e. The van der Waals surface area contributed by atoms with Crippen molar-refractivity contribution < 1.29 is 9.13 Å². The molecule has 4 aromatic heterocycles. The lowest BCUT2D eigenvalue weighted by Gasteiger charge is -2.29. The number of hydrogen-bond donors (Lipinski definition) is 0. The van der Waals surface area contributed by atoms with E-state index in [1.165, 1.54) is 94.0 Å². The zero-order valence-electron chi connectivity index (χ0n) is 31.4. The zero-order valence-corrected chi connectivity index (χ0v) is 31.4. The molecule has 260 valence electrons. The summed E-state index contributed by atoms with van der Waals surface area (Å²) in [5.74, 6) is 0.249. The minimum Gasteiger partial charge on any atom is -0.308 e.